The molecular formula is C48H61IN6O7. The Labute approximate surface area is 380 Å². The molecule has 1 fully saturated rings. The van der Waals surface area contributed by atoms with Crippen LogP contribution in [-0.2, 0) is 23.8 Å². The van der Waals surface area contributed by atoms with Gasteiger partial charge in [-0.3, -0.25) is 4.90 Å². The van der Waals surface area contributed by atoms with Gasteiger partial charge in [-0.2, -0.15) is 0 Å². The summed E-state index contributed by atoms with van der Waals surface area (Å²) in [7, 11) is 1.62. The maximum Gasteiger partial charge on any atom is 0.338 e. The van der Waals surface area contributed by atoms with E-state index in [1.165, 1.54) is 0 Å². The molecule has 0 saturated carbocycles. The van der Waals surface area contributed by atoms with Crippen molar-refractivity contribution in [1.29, 1.82) is 0 Å². The van der Waals surface area contributed by atoms with Gasteiger partial charge < -0.3 is 34.2 Å². The van der Waals surface area contributed by atoms with Crippen molar-refractivity contribution in [3.63, 3.8) is 0 Å². The Bertz CT molecular complexity index is 2170. The van der Waals surface area contributed by atoms with Crippen LogP contribution >= 0.6 is 22.6 Å². The number of carbonyl (C=O) groups is 4. The number of amidine groups is 1. The van der Waals surface area contributed by atoms with Crippen LogP contribution in [0.3, 0.4) is 0 Å². The van der Waals surface area contributed by atoms with E-state index in [2.05, 4.69) is 56.9 Å². The second-order valence-corrected chi connectivity index (χ2v) is 17.2. The van der Waals surface area contributed by atoms with Gasteiger partial charge in [0.25, 0.3) is 6.02 Å². The van der Waals surface area contributed by atoms with Crippen molar-refractivity contribution >= 4 is 58.3 Å². The van der Waals surface area contributed by atoms with Gasteiger partial charge in [0.15, 0.2) is 0 Å². The van der Waals surface area contributed by atoms with Crippen LogP contribution in [0.4, 0.5) is 15.3 Å². The van der Waals surface area contributed by atoms with Crippen molar-refractivity contribution in [1.82, 2.24) is 20.0 Å². The molecule has 0 spiro atoms. The maximum atomic E-state index is 13.1. The third-order valence-corrected chi connectivity index (χ3v) is 11.3. The third kappa shape index (κ3) is 11.7. The third-order valence-electron chi connectivity index (χ3n) is 10.6. The summed E-state index contributed by atoms with van der Waals surface area (Å²) in [6.45, 7) is 17.8. The second-order valence-electron chi connectivity index (χ2n) is 16.1. The number of aliphatic imine (C=N–C) groups is 1. The molecule has 0 aliphatic carbocycles. The first-order valence-electron chi connectivity index (χ1n) is 21.3. The number of hydrogen-bond donors (Lipinski definition) is 1. The molecule has 3 aliphatic rings. The van der Waals surface area contributed by atoms with Gasteiger partial charge in [0.05, 0.1) is 48.2 Å². The summed E-state index contributed by atoms with van der Waals surface area (Å²) in [6, 6.07) is 25.1. The summed E-state index contributed by atoms with van der Waals surface area (Å²) in [4.78, 5) is 64.0. The first-order chi connectivity index (χ1) is 29.6. The largest absolute Gasteiger partial charge is 0.468 e. The Balaban J connectivity index is 0.000000247. The topological polar surface area (TPSA) is 133 Å². The van der Waals surface area contributed by atoms with Gasteiger partial charge in [-0.15, -0.1) is 0 Å². The number of esters is 2. The number of alkyl halides is 1. The molecule has 13 nitrogen and oxygen atoms in total. The van der Waals surface area contributed by atoms with Gasteiger partial charge in [0.2, 0.25) is 0 Å². The van der Waals surface area contributed by atoms with E-state index in [1.807, 2.05) is 99.3 Å². The standard InChI is InChI=1S/C28H34N4O4.C20H27IN2O3/c1-19(2)36-26(33)24-21(4)29-27(34)32(25(24)22-11-8-10-20(3)18-22)15-9-14-30-16-17-31(28(30)35)23-12-6-5-7-13-23;1-13(2)26-19(24)17-15(4)22-20(25-5)23(11-7-10-21)18(17)16-9-6-8-14(3)12-16/h5-8,10-13,18-19,25H,9,14-17H2,1-4H3,(H,29,34);6,8-9,12-13,18H,7,10-11H2,1-5H3. The van der Waals surface area contributed by atoms with Gasteiger partial charge in [-0.05, 0) is 91.5 Å². The van der Waals surface area contributed by atoms with Crippen LogP contribution < -0.4 is 10.2 Å². The van der Waals surface area contributed by atoms with Crippen molar-refractivity contribution in [2.45, 2.75) is 92.5 Å². The van der Waals surface area contributed by atoms with Crippen LogP contribution in [0.5, 0.6) is 0 Å². The highest BCUT2D eigenvalue weighted by molar-refractivity contribution is 14.1. The lowest BCUT2D eigenvalue weighted by molar-refractivity contribution is -0.144. The Morgan fingerprint density at radius 2 is 1.31 bits per heavy atom. The number of amides is 4. The molecule has 62 heavy (non-hydrogen) atoms. The molecule has 2 unspecified atom stereocenters. The molecule has 2 atom stereocenters. The molecule has 332 valence electrons. The number of ether oxygens (including phenoxy) is 3. The number of anilines is 1. The number of para-hydroxylation sites is 1. The second kappa shape index (κ2) is 22.1. The minimum absolute atomic E-state index is 0.0310. The molecule has 0 aromatic heterocycles. The number of aryl methyl sites for hydroxylation is 2. The Hall–Kier alpha value is -5.38. The zero-order valence-electron chi connectivity index (χ0n) is 37.4. The lowest BCUT2D eigenvalue weighted by Gasteiger charge is -2.38. The molecular weight excluding hydrogens is 899 g/mol. The monoisotopic (exact) mass is 960 g/mol. The van der Waals surface area contributed by atoms with Crippen LogP contribution in [0, 0.1) is 13.8 Å². The highest BCUT2D eigenvalue weighted by Crippen LogP contribution is 2.38. The number of methoxy groups -OCH3 is 1. The van der Waals surface area contributed by atoms with Crippen molar-refractivity contribution < 1.29 is 33.4 Å². The number of allylic oxidation sites excluding steroid dienone is 2. The predicted molar refractivity (Wildman–Crippen MR) is 251 cm³/mol. The molecule has 3 heterocycles. The summed E-state index contributed by atoms with van der Waals surface area (Å²) < 4.78 is 17.6. The molecule has 14 heteroatoms. The first kappa shape index (κ1) is 47.7. The molecule has 3 aliphatic heterocycles. The minimum Gasteiger partial charge on any atom is -0.468 e. The molecule has 3 aromatic rings. The minimum atomic E-state index is -0.569. The number of hydrogen-bond acceptors (Lipinski definition) is 9. The van der Waals surface area contributed by atoms with Crippen LogP contribution in [-0.4, -0.2) is 101 Å². The molecule has 0 bridgehead atoms. The summed E-state index contributed by atoms with van der Waals surface area (Å²) >= 11 is 2.36. The van der Waals surface area contributed by atoms with Crippen molar-refractivity contribution in [2.75, 3.05) is 49.2 Å². The summed E-state index contributed by atoms with van der Waals surface area (Å²) in [5.74, 6) is -0.755. The van der Waals surface area contributed by atoms with Crippen molar-refractivity contribution in [2.24, 2.45) is 4.99 Å². The fourth-order valence-electron chi connectivity index (χ4n) is 7.88. The number of carbonyl (C=O) groups excluding carboxylic acids is 4. The quantitative estimate of drug-likeness (QED) is 0.0962. The van der Waals surface area contributed by atoms with Gasteiger partial charge in [-0.25, -0.2) is 24.2 Å². The fraction of sp³-hybridized carbons (Fsp3) is 0.438. The van der Waals surface area contributed by atoms with Crippen molar-refractivity contribution in [3.05, 3.63) is 124 Å². The zero-order chi connectivity index (χ0) is 45.1. The number of benzene rings is 3. The summed E-state index contributed by atoms with van der Waals surface area (Å²) in [5.41, 5.74) is 7.12. The normalized spacial score (nSPS) is 17.9. The fourth-order valence-corrected chi connectivity index (χ4v) is 8.22. The van der Waals surface area contributed by atoms with E-state index in [0.29, 0.717) is 61.2 Å². The molecule has 1 N–H and O–H groups in total. The zero-order valence-corrected chi connectivity index (χ0v) is 39.6. The molecule has 6 rings (SSSR count). The van der Waals surface area contributed by atoms with E-state index in [-0.39, 0.29) is 36.3 Å². The smallest absolute Gasteiger partial charge is 0.338 e. The highest BCUT2D eigenvalue weighted by atomic mass is 127. The van der Waals surface area contributed by atoms with E-state index in [0.717, 1.165) is 45.3 Å². The van der Waals surface area contributed by atoms with E-state index < -0.39 is 12.0 Å². The molecule has 0 radical (unpaired) electrons. The van der Waals surface area contributed by atoms with Gasteiger partial charge >= 0.3 is 24.0 Å². The first-order valence-corrected chi connectivity index (χ1v) is 22.8. The molecule has 1 saturated heterocycles. The number of halogens is 1. The van der Waals surface area contributed by atoms with Crippen molar-refractivity contribution in [3.8, 4) is 0 Å². The lowest BCUT2D eigenvalue weighted by atomic mass is 9.92. The highest BCUT2D eigenvalue weighted by Gasteiger charge is 2.40. The number of rotatable bonds is 14. The molecule has 4 amide bonds. The predicted octanol–water partition coefficient (Wildman–Crippen LogP) is 9.02. The van der Waals surface area contributed by atoms with Crippen LogP contribution in [0.1, 0.15) is 88.7 Å². The van der Waals surface area contributed by atoms with E-state index >= 15 is 0 Å². The van der Waals surface area contributed by atoms with Crippen LogP contribution in [0.25, 0.3) is 0 Å². The van der Waals surface area contributed by atoms with Gasteiger partial charge in [0, 0.05) is 48.5 Å². The SMILES string of the molecule is CC1=C(C(=O)OC(C)C)C(c2cccc(C)c2)N(CCCN2CCN(c3ccccc3)C2=O)C(=O)N1.COC1=NC(C)=C(C(=O)OC(C)C)C(c2cccc(C)c2)N1CCCI. The Kier molecular flexibility index (Phi) is 17.0. The lowest BCUT2D eigenvalue weighted by Crippen LogP contribution is -2.49. The van der Waals surface area contributed by atoms with E-state index in [1.54, 1.807) is 37.7 Å². The number of nitrogens with zero attached hydrogens (tertiary/aromatic N) is 5. The van der Waals surface area contributed by atoms with E-state index in [4.69, 9.17) is 14.2 Å². The number of urea groups is 2. The summed E-state index contributed by atoms with van der Waals surface area (Å²) in [6.07, 6.45) is 1.08. The Morgan fingerprint density at radius 1 is 0.742 bits per heavy atom. The number of nitrogens with one attached hydrogen (secondary N) is 1. The average Bonchev–Trinajstić information content (AvgIpc) is 3.59. The maximum absolute atomic E-state index is 13.1. The van der Waals surface area contributed by atoms with Crippen LogP contribution in [0.2, 0.25) is 0 Å². The Morgan fingerprint density at radius 3 is 1.85 bits per heavy atom. The van der Waals surface area contributed by atoms with Gasteiger partial charge in [0.1, 0.15) is 0 Å². The molecule has 3 aromatic carbocycles. The van der Waals surface area contributed by atoms with Gasteiger partial charge in [-0.1, -0.05) is 100 Å². The van der Waals surface area contributed by atoms with Crippen LogP contribution in [0.15, 0.2) is 106 Å². The van der Waals surface area contributed by atoms with E-state index in [9.17, 15) is 19.2 Å². The average molecular weight is 961 g/mol. The summed E-state index contributed by atoms with van der Waals surface area (Å²) in [5, 5.41) is 2.84.